The molecule has 1 aromatic rings. The van der Waals surface area contributed by atoms with E-state index in [1.165, 1.54) is 14.2 Å². The highest BCUT2D eigenvalue weighted by atomic mass is 16.6. The number of esters is 1. The molecule has 0 saturated carbocycles. The number of methoxy groups -OCH3 is 1. The Morgan fingerprint density at radius 3 is 2.71 bits per heavy atom. The molecule has 0 saturated heterocycles. The summed E-state index contributed by atoms with van der Waals surface area (Å²) in [6, 6.07) is -0.227. The van der Waals surface area contributed by atoms with Gasteiger partial charge in [0, 0.05) is 13.5 Å². The van der Waals surface area contributed by atoms with Gasteiger partial charge in [-0.05, 0) is 6.42 Å². The number of rotatable bonds is 5. The minimum Gasteiger partial charge on any atom is -0.467 e. The lowest BCUT2D eigenvalue weighted by Crippen LogP contribution is -2.25. The van der Waals surface area contributed by atoms with Gasteiger partial charge in [-0.2, -0.15) is 0 Å². The van der Waals surface area contributed by atoms with Crippen molar-refractivity contribution in [2.45, 2.75) is 26.2 Å². The molecule has 0 aromatic carbocycles. The van der Waals surface area contributed by atoms with E-state index < -0.39 is 11.7 Å². The highest BCUT2D eigenvalue weighted by Crippen LogP contribution is 2.08. The number of unbranched alkanes of at least 4 members (excludes halogenated alkanes) is 1. The van der Waals surface area contributed by atoms with Gasteiger partial charge in [0.2, 0.25) is 0 Å². The summed E-state index contributed by atoms with van der Waals surface area (Å²) in [5.74, 6) is -0.428. The van der Waals surface area contributed by atoms with Crippen LogP contribution in [0, 0.1) is 0 Å². The molecule has 1 aromatic heterocycles. The fourth-order valence-corrected chi connectivity index (χ4v) is 1.08. The summed E-state index contributed by atoms with van der Waals surface area (Å²) < 4.78 is 10.7. The molecule has 0 aliphatic carbocycles. The maximum Gasteiger partial charge on any atom is 0.356 e. The number of hydrogen-bond acceptors (Lipinski definition) is 6. The zero-order valence-corrected chi connectivity index (χ0v) is 10.1. The van der Waals surface area contributed by atoms with E-state index in [0.717, 1.165) is 17.4 Å². The van der Waals surface area contributed by atoms with E-state index in [1.54, 1.807) is 0 Å². The van der Waals surface area contributed by atoms with Crippen LogP contribution in [0.4, 0.5) is 0 Å². The number of hydrogen-bond donors (Lipinski definition) is 0. The van der Waals surface area contributed by atoms with Gasteiger partial charge in [0.1, 0.15) is 0 Å². The molecule has 0 atom stereocenters. The van der Waals surface area contributed by atoms with Crippen LogP contribution in [0.5, 0.6) is 12.0 Å². The summed E-state index contributed by atoms with van der Waals surface area (Å²) in [5.41, 5.74) is -0.588. The lowest BCUT2D eigenvalue weighted by atomic mass is 10.3. The maximum absolute atomic E-state index is 11.4. The summed E-state index contributed by atoms with van der Waals surface area (Å²) >= 11 is 0. The summed E-state index contributed by atoms with van der Waals surface area (Å²) in [4.78, 5) is 30.0. The number of carbonyl (C=O) groups excluding carboxylic acids is 1. The number of nitrogens with zero attached hydrogens (tertiary/aromatic N) is 3. The second kappa shape index (κ2) is 5.97. The third kappa shape index (κ3) is 3.54. The lowest BCUT2D eigenvalue weighted by Gasteiger charge is -2.07. The van der Waals surface area contributed by atoms with Crippen LogP contribution >= 0.6 is 0 Å². The predicted molar refractivity (Wildman–Crippen MR) is 59.0 cm³/mol. The molecule has 0 aliphatic heterocycles. The third-order valence-electron chi connectivity index (χ3n) is 2.08. The van der Waals surface area contributed by atoms with Crippen LogP contribution in [-0.4, -0.2) is 27.6 Å². The van der Waals surface area contributed by atoms with Crippen molar-refractivity contribution < 1.29 is 14.3 Å². The molecule has 0 bridgehead atoms. The van der Waals surface area contributed by atoms with Crippen LogP contribution in [-0.2, 0) is 11.8 Å². The van der Waals surface area contributed by atoms with Crippen molar-refractivity contribution in [2.75, 3.05) is 7.11 Å². The van der Waals surface area contributed by atoms with Gasteiger partial charge >= 0.3 is 23.7 Å². The Bertz CT molecular complexity index is 455. The average molecular weight is 241 g/mol. The molecule has 0 fully saturated rings. The number of aromatic nitrogens is 3. The van der Waals surface area contributed by atoms with E-state index in [4.69, 9.17) is 9.47 Å². The normalized spacial score (nSPS) is 10.1. The van der Waals surface area contributed by atoms with Gasteiger partial charge in [-0.3, -0.25) is 4.79 Å². The standard InChI is InChI=1S/C10H15N3O4/c1-4-5-6-7(14)17-10-12-8(16-3)11-9(15)13(10)2/h4-6H2,1-3H3. The molecule has 0 radical (unpaired) electrons. The van der Waals surface area contributed by atoms with Crippen molar-refractivity contribution in [1.82, 2.24) is 14.5 Å². The van der Waals surface area contributed by atoms with Crippen molar-refractivity contribution in [1.29, 1.82) is 0 Å². The van der Waals surface area contributed by atoms with E-state index in [1.807, 2.05) is 6.92 Å². The van der Waals surface area contributed by atoms with Crippen molar-refractivity contribution in [2.24, 2.45) is 7.05 Å². The molecule has 0 amide bonds. The van der Waals surface area contributed by atoms with E-state index in [-0.39, 0.29) is 18.4 Å². The lowest BCUT2D eigenvalue weighted by molar-refractivity contribution is -0.135. The third-order valence-corrected chi connectivity index (χ3v) is 2.08. The van der Waals surface area contributed by atoms with E-state index in [0.29, 0.717) is 0 Å². The van der Waals surface area contributed by atoms with Crippen LogP contribution in [0.25, 0.3) is 0 Å². The maximum atomic E-state index is 11.4. The van der Waals surface area contributed by atoms with Crippen LogP contribution in [0.15, 0.2) is 4.79 Å². The first-order valence-electron chi connectivity index (χ1n) is 5.28. The minimum absolute atomic E-state index is 0.108. The largest absolute Gasteiger partial charge is 0.467 e. The molecule has 7 nitrogen and oxygen atoms in total. The van der Waals surface area contributed by atoms with Crippen molar-refractivity contribution in [3.05, 3.63) is 10.5 Å². The zero-order valence-electron chi connectivity index (χ0n) is 10.1. The second-order valence-electron chi connectivity index (χ2n) is 3.41. The van der Waals surface area contributed by atoms with Gasteiger partial charge in [-0.15, -0.1) is 9.97 Å². The molecule has 17 heavy (non-hydrogen) atoms. The van der Waals surface area contributed by atoms with Gasteiger partial charge < -0.3 is 9.47 Å². The summed E-state index contributed by atoms with van der Waals surface area (Å²) in [6.07, 6.45) is 1.91. The van der Waals surface area contributed by atoms with Crippen LogP contribution in [0.3, 0.4) is 0 Å². The molecule has 0 N–H and O–H groups in total. The van der Waals surface area contributed by atoms with Crippen molar-refractivity contribution in [3.8, 4) is 12.0 Å². The summed E-state index contributed by atoms with van der Waals surface area (Å²) in [6.45, 7) is 1.97. The van der Waals surface area contributed by atoms with Crippen LogP contribution in [0.1, 0.15) is 26.2 Å². The fraction of sp³-hybridized carbons (Fsp3) is 0.600. The predicted octanol–water partition coefficient (Wildman–Crippen LogP) is 0.279. The average Bonchev–Trinajstić information content (AvgIpc) is 2.32. The monoisotopic (exact) mass is 241 g/mol. The minimum atomic E-state index is -0.588. The Balaban J connectivity index is 2.86. The van der Waals surface area contributed by atoms with E-state index in [2.05, 4.69) is 9.97 Å². The van der Waals surface area contributed by atoms with E-state index in [9.17, 15) is 9.59 Å². The SMILES string of the molecule is CCCCC(=O)Oc1nc(OC)nc(=O)n1C. The highest BCUT2D eigenvalue weighted by molar-refractivity contribution is 5.71. The first-order valence-corrected chi connectivity index (χ1v) is 5.28. The Morgan fingerprint density at radius 1 is 1.41 bits per heavy atom. The van der Waals surface area contributed by atoms with E-state index >= 15 is 0 Å². The Kier molecular flexibility index (Phi) is 4.62. The molecule has 0 aliphatic rings. The smallest absolute Gasteiger partial charge is 0.356 e. The molecular formula is C10H15N3O4. The Hall–Kier alpha value is -1.92. The number of carbonyl (C=O) groups is 1. The molecule has 0 unspecified atom stereocenters. The number of ether oxygens (including phenoxy) is 2. The first kappa shape index (κ1) is 13.1. The van der Waals surface area contributed by atoms with Crippen LogP contribution in [0.2, 0.25) is 0 Å². The topological polar surface area (TPSA) is 83.3 Å². The molecule has 7 heteroatoms. The van der Waals surface area contributed by atoms with Gasteiger partial charge in [-0.1, -0.05) is 13.3 Å². The first-order chi connectivity index (χ1) is 8.08. The highest BCUT2D eigenvalue weighted by Gasteiger charge is 2.12. The van der Waals surface area contributed by atoms with Crippen molar-refractivity contribution >= 4 is 5.97 Å². The molecular weight excluding hydrogens is 226 g/mol. The van der Waals surface area contributed by atoms with Crippen LogP contribution < -0.4 is 15.2 Å². The molecule has 94 valence electrons. The van der Waals surface area contributed by atoms with Gasteiger partial charge in [0.05, 0.1) is 7.11 Å². The fourth-order valence-electron chi connectivity index (χ4n) is 1.08. The summed E-state index contributed by atoms with van der Waals surface area (Å²) in [5, 5.41) is 0. The Morgan fingerprint density at radius 2 is 2.12 bits per heavy atom. The van der Waals surface area contributed by atoms with Gasteiger partial charge in [-0.25, -0.2) is 9.36 Å². The Labute approximate surface area is 98.4 Å². The molecule has 1 rings (SSSR count). The second-order valence-corrected chi connectivity index (χ2v) is 3.41. The molecule has 1 heterocycles. The zero-order chi connectivity index (χ0) is 12.8. The molecule has 0 spiro atoms. The van der Waals surface area contributed by atoms with Gasteiger partial charge in [0.25, 0.3) is 0 Å². The summed E-state index contributed by atoms with van der Waals surface area (Å²) in [7, 11) is 2.75. The quantitative estimate of drug-likeness (QED) is 0.688. The van der Waals surface area contributed by atoms with Crippen molar-refractivity contribution in [3.63, 3.8) is 0 Å². The van der Waals surface area contributed by atoms with Gasteiger partial charge in [0.15, 0.2) is 0 Å².